The smallest absolute Gasteiger partial charge is 0.305 e. The molecule has 0 rings (SSSR count). The third-order valence-corrected chi connectivity index (χ3v) is 2.17. The quantitative estimate of drug-likeness (QED) is 0.472. The molecule has 3 N–H and O–H groups in total. The molecular weight excluding hydrogens is 208 g/mol. The molecule has 1 atom stereocenters. The van der Waals surface area contributed by atoms with Crippen LogP contribution in [0.3, 0.4) is 0 Å². The predicted octanol–water partition coefficient (Wildman–Crippen LogP) is 0.573. The van der Waals surface area contributed by atoms with Gasteiger partial charge >= 0.3 is 5.97 Å². The van der Waals surface area contributed by atoms with Crippen LogP contribution in [0.5, 0.6) is 0 Å². The number of rotatable bonds is 8. The van der Waals surface area contributed by atoms with Gasteiger partial charge in [-0.25, -0.2) is 0 Å². The first-order valence-electron chi connectivity index (χ1n) is 5.65. The lowest BCUT2D eigenvalue weighted by Crippen LogP contribution is -2.25. The molecule has 16 heavy (non-hydrogen) atoms. The molecule has 0 heterocycles. The van der Waals surface area contributed by atoms with Crippen LogP contribution in [0, 0.1) is 0 Å². The van der Waals surface area contributed by atoms with E-state index < -0.39 is 0 Å². The minimum absolute atomic E-state index is 0.0190. The van der Waals surface area contributed by atoms with Crippen molar-refractivity contribution in [3.8, 4) is 0 Å². The van der Waals surface area contributed by atoms with E-state index in [1.54, 1.807) is 0 Å². The Morgan fingerprint density at radius 3 is 2.56 bits per heavy atom. The molecular formula is C11H22N2O3. The first-order chi connectivity index (χ1) is 7.56. The number of amides is 1. The lowest BCUT2D eigenvalue weighted by Gasteiger charge is -2.06. The molecule has 0 saturated carbocycles. The van der Waals surface area contributed by atoms with E-state index in [-0.39, 0.29) is 17.9 Å². The number of carbonyl (C=O) groups is 2. The summed E-state index contributed by atoms with van der Waals surface area (Å²) >= 11 is 0. The van der Waals surface area contributed by atoms with Crippen molar-refractivity contribution in [3.63, 3.8) is 0 Å². The minimum Gasteiger partial charge on any atom is -0.469 e. The molecule has 0 saturated heterocycles. The van der Waals surface area contributed by atoms with Gasteiger partial charge in [0.1, 0.15) is 0 Å². The number of nitrogens with one attached hydrogen (secondary N) is 1. The fourth-order valence-corrected chi connectivity index (χ4v) is 1.24. The van der Waals surface area contributed by atoms with Gasteiger partial charge in [-0.2, -0.15) is 0 Å². The van der Waals surface area contributed by atoms with Crippen LogP contribution in [-0.2, 0) is 14.3 Å². The Kier molecular flexibility index (Phi) is 8.52. The fraction of sp³-hybridized carbons (Fsp3) is 0.818. The standard InChI is InChI=1S/C11H22N2O3/c1-9(12)5-3-6-10(14)13-8-4-7-11(15)16-2/h9H,3-8,12H2,1-2H3,(H,13,14). The first-order valence-corrected chi connectivity index (χ1v) is 5.65. The lowest BCUT2D eigenvalue weighted by molar-refractivity contribution is -0.140. The third-order valence-electron chi connectivity index (χ3n) is 2.17. The summed E-state index contributed by atoms with van der Waals surface area (Å²) < 4.78 is 4.48. The van der Waals surface area contributed by atoms with Crippen molar-refractivity contribution in [1.82, 2.24) is 5.32 Å². The van der Waals surface area contributed by atoms with Crippen LogP contribution in [0.4, 0.5) is 0 Å². The molecule has 0 aromatic carbocycles. The molecule has 94 valence electrons. The number of esters is 1. The zero-order chi connectivity index (χ0) is 12.4. The summed E-state index contributed by atoms with van der Waals surface area (Å²) in [5.74, 6) is -0.225. The highest BCUT2D eigenvalue weighted by molar-refractivity contribution is 5.75. The summed E-state index contributed by atoms with van der Waals surface area (Å²) in [5, 5.41) is 2.75. The zero-order valence-electron chi connectivity index (χ0n) is 10.1. The lowest BCUT2D eigenvalue weighted by atomic mass is 10.1. The number of methoxy groups -OCH3 is 1. The second-order valence-electron chi connectivity index (χ2n) is 3.90. The Morgan fingerprint density at radius 1 is 1.31 bits per heavy atom. The molecule has 0 radical (unpaired) electrons. The van der Waals surface area contributed by atoms with E-state index in [9.17, 15) is 9.59 Å². The highest BCUT2D eigenvalue weighted by Gasteiger charge is 2.03. The molecule has 0 aliphatic heterocycles. The summed E-state index contributed by atoms with van der Waals surface area (Å²) in [7, 11) is 1.36. The van der Waals surface area contributed by atoms with Crippen molar-refractivity contribution in [2.45, 2.75) is 45.1 Å². The average Bonchev–Trinajstić information content (AvgIpc) is 2.23. The largest absolute Gasteiger partial charge is 0.469 e. The van der Waals surface area contributed by atoms with Gasteiger partial charge in [0.15, 0.2) is 0 Å². The predicted molar refractivity (Wildman–Crippen MR) is 61.8 cm³/mol. The van der Waals surface area contributed by atoms with Gasteiger partial charge in [0.25, 0.3) is 0 Å². The monoisotopic (exact) mass is 230 g/mol. The Hall–Kier alpha value is -1.10. The van der Waals surface area contributed by atoms with Crippen molar-refractivity contribution >= 4 is 11.9 Å². The summed E-state index contributed by atoms with van der Waals surface area (Å²) in [6, 6.07) is 0.145. The summed E-state index contributed by atoms with van der Waals surface area (Å²) in [6.45, 7) is 2.44. The van der Waals surface area contributed by atoms with Crippen LogP contribution in [0.2, 0.25) is 0 Å². The topological polar surface area (TPSA) is 81.4 Å². The highest BCUT2D eigenvalue weighted by atomic mass is 16.5. The summed E-state index contributed by atoms with van der Waals surface area (Å²) in [6.07, 6.45) is 3.12. The van der Waals surface area contributed by atoms with Gasteiger partial charge in [-0.05, 0) is 26.2 Å². The molecule has 0 fully saturated rings. The molecule has 1 unspecified atom stereocenters. The molecule has 0 aromatic rings. The zero-order valence-corrected chi connectivity index (χ0v) is 10.1. The second kappa shape index (κ2) is 9.15. The van der Waals surface area contributed by atoms with Crippen molar-refractivity contribution in [2.75, 3.05) is 13.7 Å². The van der Waals surface area contributed by atoms with Crippen molar-refractivity contribution in [2.24, 2.45) is 5.73 Å². The van der Waals surface area contributed by atoms with Crippen LogP contribution in [0.25, 0.3) is 0 Å². The van der Waals surface area contributed by atoms with Crippen LogP contribution in [0.1, 0.15) is 39.0 Å². The van der Waals surface area contributed by atoms with Crippen LogP contribution >= 0.6 is 0 Å². The van der Waals surface area contributed by atoms with E-state index in [0.717, 1.165) is 12.8 Å². The summed E-state index contributed by atoms with van der Waals surface area (Å²) in [4.78, 5) is 22.0. The molecule has 0 bridgehead atoms. The molecule has 1 amide bonds. The molecule has 0 aromatic heterocycles. The van der Waals surface area contributed by atoms with Crippen LogP contribution in [0.15, 0.2) is 0 Å². The summed E-state index contributed by atoms with van der Waals surface area (Å²) in [5.41, 5.74) is 5.57. The average molecular weight is 230 g/mol. The Labute approximate surface area is 96.7 Å². The number of hydrogen-bond acceptors (Lipinski definition) is 4. The highest BCUT2D eigenvalue weighted by Crippen LogP contribution is 1.98. The molecule has 0 aliphatic carbocycles. The molecule has 0 aliphatic rings. The van der Waals surface area contributed by atoms with E-state index in [0.29, 0.717) is 25.8 Å². The van der Waals surface area contributed by atoms with Gasteiger partial charge in [0.2, 0.25) is 5.91 Å². The Balaban J connectivity index is 3.34. The molecule has 5 nitrogen and oxygen atoms in total. The van der Waals surface area contributed by atoms with Crippen LogP contribution in [-0.4, -0.2) is 31.6 Å². The number of hydrogen-bond donors (Lipinski definition) is 2. The fourth-order valence-electron chi connectivity index (χ4n) is 1.24. The van der Waals surface area contributed by atoms with E-state index >= 15 is 0 Å². The van der Waals surface area contributed by atoms with Gasteiger partial charge in [-0.15, -0.1) is 0 Å². The Morgan fingerprint density at radius 2 is 2.00 bits per heavy atom. The van der Waals surface area contributed by atoms with E-state index in [1.165, 1.54) is 7.11 Å². The number of carbonyl (C=O) groups excluding carboxylic acids is 2. The molecule has 0 spiro atoms. The van der Waals surface area contributed by atoms with E-state index in [2.05, 4.69) is 10.1 Å². The van der Waals surface area contributed by atoms with Gasteiger partial charge in [0, 0.05) is 25.4 Å². The van der Waals surface area contributed by atoms with Gasteiger partial charge < -0.3 is 15.8 Å². The van der Waals surface area contributed by atoms with E-state index in [1.807, 2.05) is 6.92 Å². The third kappa shape index (κ3) is 9.45. The van der Waals surface area contributed by atoms with Crippen molar-refractivity contribution < 1.29 is 14.3 Å². The maximum atomic E-state index is 11.3. The van der Waals surface area contributed by atoms with Crippen LogP contribution < -0.4 is 11.1 Å². The maximum absolute atomic E-state index is 11.3. The van der Waals surface area contributed by atoms with Crippen molar-refractivity contribution in [1.29, 1.82) is 0 Å². The Bertz CT molecular complexity index is 217. The second-order valence-corrected chi connectivity index (χ2v) is 3.90. The van der Waals surface area contributed by atoms with E-state index in [4.69, 9.17) is 5.73 Å². The minimum atomic E-state index is -0.244. The number of ether oxygens (including phenoxy) is 1. The van der Waals surface area contributed by atoms with Gasteiger partial charge in [-0.1, -0.05) is 0 Å². The SMILES string of the molecule is COC(=O)CCCNC(=O)CCCC(C)N. The number of nitrogens with two attached hydrogens (primary N) is 1. The van der Waals surface area contributed by atoms with Crippen molar-refractivity contribution in [3.05, 3.63) is 0 Å². The maximum Gasteiger partial charge on any atom is 0.305 e. The van der Waals surface area contributed by atoms with Gasteiger partial charge in [-0.3, -0.25) is 9.59 Å². The molecule has 5 heteroatoms. The van der Waals surface area contributed by atoms with Gasteiger partial charge in [0.05, 0.1) is 7.11 Å². The normalized spacial score (nSPS) is 11.9. The first kappa shape index (κ1) is 14.9.